The van der Waals surface area contributed by atoms with E-state index in [9.17, 15) is 4.39 Å². The van der Waals surface area contributed by atoms with Gasteiger partial charge in [0.15, 0.2) is 5.96 Å². The largest absolute Gasteiger partial charge is 0.381 e. The third kappa shape index (κ3) is 2.30. The second kappa shape index (κ2) is 5.17. The molecule has 0 radical (unpaired) electrons. The summed E-state index contributed by atoms with van der Waals surface area (Å²) in [6, 6.07) is 6.88. The van der Waals surface area contributed by atoms with Gasteiger partial charge < -0.3 is 15.4 Å². The molecule has 2 N–H and O–H groups in total. The van der Waals surface area contributed by atoms with Gasteiger partial charge in [-0.05, 0) is 30.9 Å². The lowest BCUT2D eigenvalue weighted by molar-refractivity contribution is 0.0603. The molecule has 0 aromatic heterocycles. The molecule has 1 fully saturated rings. The first-order valence-corrected chi connectivity index (χ1v) is 6.69. The minimum absolute atomic E-state index is 0.154. The van der Waals surface area contributed by atoms with E-state index in [1.54, 1.807) is 12.1 Å². The normalized spacial score (nSPS) is 24.6. The number of hydrogen-bond donors (Lipinski definition) is 1. The molecule has 3 rings (SSSR count). The molecule has 1 saturated heterocycles. The molecule has 1 unspecified atom stereocenters. The average Bonchev–Trinajstić information content (AvgIpc) is 2.82. The summed E-state index contributed by atoms with van der Waals surface area (Å²) in [5, 5.41) is 0. The Labute approximate surface area is 112 Å². The maximum absolute atomic E-state index is 14.0. The van der Waals surface area contributed by atoms with Crippen LogP contribution >= 0.6 is 0 Å². The molecule has 1 atom stereocenters. The van der Waals surface area contributed by atoms with E-state index in [1.165, 1.54) is 6.07 Å². The lowest BCUT2D eigenvalue weighted by atomic mass is 9.91. The van der Waals surface area contributed by atoms with Gasteiger partial charge in [-0.3, -0.25) is 4.99 Å². The molecule has 102 valence electrons. The van der Waals surface area contributed by atoms with E-state index in [-0.39, 0.29) is 11.9 Å². The van der Waals surface area contributed by atoms with Gasteiger partial charge >= 0.3 is 0 Å². The molecule has 0 aliphatic carbocycles. The van der Waals surface area contributed by atoms with Crippen LogP contribution < -0.4 is 10.6 Å². The highest BCUT2D eigenvalue weighted by Crippen LogP contribution is 2.31. The first-order valence-electron chi connectivity index (χ1n) is 6.69. The maximum Gasteiger partial charge on any atom is 0.196 e. The minimum atomic E-state index is -0.250. The van der Waals surface area contributed by atoms with Crippen LogP contribution in [0.15, 0.2) is 29.3 Å². The zero-order chi connectivity index (χ0) is 13.2. The van der Waals surface area contributed by atoms with E-state index in [2.05, 4.69) is 4.99 Å². The Balaban J connectivity index is 1.88. The molecule has 19 heavy (non-hydrogen) atoms. The lowest BCUT2D eigenvalue weighted by Crippen LogP contribution is -2.46. The first-order chi connectivity index (χ1) is 9.27. The van der Waals surface area contributed by atoms with Gasteiger partial charge in [-0.2, -0.15) is 0 Å². The Bertz CT molecular complexity index is 485. The van der Waals surface area contributed by atoms with Gasteiger partial charge in [0.25, 0.3) is 0 Å². The van der Waals surface area contributed by atoms with Gasteiger partial charge in [0.1, 0.15) is 5.82 Å². The Morgan fingerprint density at radius 1 is 1.26 bits per heavy atom. The van der Waals surface area contributed by atoms with E-state index >= 15 is 0 Å². The second-order valence-corrected chi connectivity index (χ2v) is 5.04. The van der Waals surface area contributed by atoms with Crippen LogP contribution in [0.3, 0.4) is 0 Å². The van der Waals surface area contributed by atoms with Crippen molar-refractivity contribution in [3.63, 3.8) is 0 Å². The number of benzene rings is 1. The Morgan fingerprint density at radius 3 is 2.74 bits per heavy atom. The number of para-hydroxylation sites is 1. The number of rotatable bonds is 2. The predicted molar refractivity (Wildman–Crippen MR) is 72.7 cm³/mol. The lowest BCUT2D eigenvalue weighted by Gasteiger charge is -2.34. The highest BCUT2D eigenvalue weighted by Gasteiger charge is 2.35. The van der Waals surface area contributed by atoms with Crippen LogP contribution in [0.25, 0.3) is 0 Å². The van der Waals surface area contributed by atoms with Gasteiger partial charge in [0.2, 0.25) is 0 Å². The molecule has 2 aliphatic heterocycles. The SMILES string of the molecule is NC1=NCC(C2CCOCC2)N1c1ccccc1F. The number of anilines is 1. The molecule has 0 amide bonds. The Kier molecular flexibility index (Phi) is 3.38. The monoisotopic (exact) mass is 263 g/mol. The van der Waals surface area contributed by atoms with Crippen LogP contribution in [0, 0.1) is 11.7 Å². The van der Waals surface area contributed by atoms with Crippen LogP contribution in [-0.2, 0) is 4.74 Å². The fourth-order valence-corrected chi connectivity index (χ4v) is 2.92. The van der Waals surface area contributed by atoms with Crippen molar-refractivity contribution >= 4 is 11.6 Å². The fourth-order valence-electron chi connectivity index (χ4n) is 2.92. The van der Waals surface area contributed by atoms with Crippen molar-refractivity contribution in [3.05, 3.63) is 30.1 Å². The van der Waals surface area contributed by atoms with Crippen molar-refractivity contribution in [1.82, 2.24) is 0 Å². The second-order valence-electron chi connectivity index (χ2n) is 5.04. The van der Waals surface area contributed by atoms with Gasteiger partial charge in [0.05, 0.1) is 18.3 Å². The highest BCUT2D eigenvalue weighted by atomic mass is 19.1. The van der Waals surface area contributed by atoms with Crippen molar-refractivity contribution in [2.75, 3.05) is 24.7 Å². The predicted octanol–water partition coefficient (Wildman–Crippen LogP) is 1.76. The summed E-state index contributed by atoms with van der Waals surface area (Å²) >= 11 is 0. The van der Waals surface area contributed by atoms with Gasteiger partial charge in [0, 0.05) is 13.2 Å². The summed E-state index contributed by atoms with van der Waals surface area (Å²) in [4.78, 5) is 6.16. The van der Waals surface area contributed by atoms with Gasteiger partial charge in [-0.1, -0.05) is 12.1 Å². The number of nitrogens with two attached hydrogens (primary N) is 1. The molecule has 1 aromatic rings. The zero-order valence-corrected chi connectivity index (χ0v) is 10.8. The Hall–Kier alpha value is -1.62. The van der Waals surface area contributed by atoms with E-state index in [0.717, 1.165) is 26.1 Å². The van der Waals surface area contributed by atoms with E-state index in [4.69, 9.17) is 10.5 Å². The van der Waals surface area contributed by atoms with E-state index < -0.39 is 0 Å². The minimum Gasteiger partial charge on any atom is -0.381 e. The van der Waals surface area contributed by atoms with E-state index in [1.807, 2.05) is 11.0 Å². The van der Waals surface area contributed by atoms with Crippen molar-refractivity contribution in [2.24, 2.45) is 16.6 Å². The number of guanidine groups is 1. The number of ether oxygens (including phenoxy) is 1. The Morgan fingerprint density at radius 2 is 2.00 bits per heavy atom. The molecule has 0 bridgehead atoms. The van der Waals surface area contributed by atoms with Crippen LogP contribution in [0.4, 0.5) is 10.1 Å². The zero-order valence-electron chi connectivity index (χ0n) is 10.8. The summed E-state index contributed by atoms with van der Waals surface area (Å²) in [6.45, 7) is 2.18. The number of hydrogen-bond acceptors (Lipinski definition) is 4. The van der Waals surface area contributed by atoms with Crippen LogP contribution in [0.5, 0.6) is 0 Å². The molecule has 1 aromatic carbocycles. The molecule has 2 aliphatic rings. The van der Waals surface area contributed by atoms with Crippen LogP contribution in [-0.4, -0.2) is 31.8 Å². The molecule has 0 saturated carbocycles. The molecule has 4 nitrogen and oxygen atoms in total. The first kappa shape index (κ1) is 12.4. The molecule has 2 heterocycles. The summed E-state index contributed by atoms with van der Waals surface area (Å²) in [5.41, 5.74) is 6.48. The quantitative estimate of drug-likeness (QED) is 0.884. The van der Waals surface area contributed by atoms with Crippen molar-refractivity contribution in [1.29, 1.82) is 0 Å². The number of nitrogens with zero attached hydrogens (tertiary/aromatic N) is 2. The average molecular weight is 263 g/mol. The smallest absolute Gasteiger partial charge is 0.196 e. The summed E-state index contributed by atoms with van der Waals surface area (Å²) in [5.74, 6) is 0.624. The van der Waals surface area contributed by atoms with Gasteiger partial charge in [-0.15, -0.1) is 0 Å². The van der Waals surface area contributed by atoms with Gasteiger partial charge in [-0.25, -0.2) is 4.39 Å². The molecule has 5 heteroatoms. The molecular formula is C14H18FN3O. The molecule has 0 spiro atoms. The number of halogens is 1. The maximum atomic E-state index is 14.0. The number of aliphatic imine (C=N–C) groups is 1. The summed E-state index contributed by atoms with van der Waals surface area (Å²) < 4.78 is 19.4. The van der Waals surface area contributed by atoms with Crippen molar-refractivity contribution in [2.45, 2.75) is 18.9 Å². The fraction of sp³-hybridized carbons (Fsp3) is 0.500. The van der Waals surface area contributed by atoms with Crippen LogP contribution in [0.2, 0.25) is 0 Å². The third-order valence-corrected chi connectivity index (χ3v) is 3.94. The summed E-state index contributed by atoms with van der Waals surface area (Å²) in [6.07, 6.45) is 1.97. The standard InChI is InChI=1S/C14H18FN3O/c15-11-3-1-2-4-12(11)18-13(9-17-14(18)16)10-5-7-19-8-6-10/h1-4,10,13H,5-9H2,(H2,16,17). The van der Waals surface area contributed by atoms with Crippen molar-refractivity contribution in [3.8, 4) is 0 Å². The van der Waals surface area contributed by atoms with Crippen LogP contribution in [0.1, 0.15) is 12.8 Å². The summed E-state index contributed by atoms with van der Waals surface area (Å²) in [7, 11) is 0. The third-order valence-electron chi connectivity index (χ3n) is 3.94. The highest BCUT2D eigenvalue weighted by molar-refractivity contribution is 5.97. The molecular weight excluding hydrogens is 245 g/mol. The van der Waals surface area contributed by atoms with E-state index in [0.29, 0.717) is 24.1 Å². The topological polar surface area (TPSA) is 50.9 Å². The van der Waals surface area contributed by atoms with Crippen molar-refractivity contribution < 1.29 is 9.13 Å².